The van der Waals surface area contributed by atoms with Crippen LogP contribution in [-0.2, 0) is 8.91 Å². The first-order valence-corrected chi connectivity index (χ1v) is 12.3. The van der Waals surface area contributed by atoms with E-state index >= 15 is 0 Å². The number of allylic oxidation sites excluding steroid dienone is 1. The third kappa shape index (κ3) is 9.32. The number of hydrogen-bond donors (Lipinski definition) is 1. The molecule has 0 bridgehead atoms. The van der Waals surface area contributed by atoms with Gasteiger partial charge in [0.2, 0.25) is 0 Å². The van der Waals surface area contributed by atoms with E-state index in [9.17, 15) is 18.0 Å². The van der Waals surface area contributed by atoms with Gasteiger partial charge in [-0.15, -0.1) is 0 Å². The summed E-state index contributed by atoms with van der Waals surface area (Å²) >= 11 is 0. The highest BCUT2D eigenvalue weighted by Crippen LogP contribution is 2.28. The van der Waals surface area contributed by atoms with Crippen molar-refractivity contribution in [2.75, 3.05) is 0 Å². The molecule has 1 N–H and O–H groups in total. The minimum atomic E-state index is -4.27. The molecule has 0 aromatic rings. The van der Waals surface area contributed by atoms with E-state index in [1.165, 1.54) is 6.92 Å². The van der Waals surface area contributed by atoms with Crippen molar-refractivity contribution in [3.05, 3.63) is 11.1 Å². The molecule has 1 atom stereocenters. The fourth-order valence-electron chi connectivity index (χ4n) is 1.88. The Morgan fingerprint density at radius 3 is 2.15 bits per heavy atom. The number of halogens is 3. The van der Waals surface area contributed by atoms with Crippen molar-refractivity contribution in [1.29, 1.82) is 0 Å². The van der Waals surface area contributed by atoms with Crippen molar-refractivity contribution in [1.82, 2.24) is 0 Å². The van der Waals surface area contributed by atoms with Gasteiger partial charge in [-0.2, -0.15) is 13.2 Å². The number of carboxylic acids is 1. The Kier molecular flexibility index (Phi) is 7.19. The van der Waals surface area contributed by atoms with Crippen molar-refractivity contribution < 1.29 is 27.2 Å². The van der Waals surface area contributed by atoms with Crippen molar-refractivity contribution in [3.8, 4) is 0 Å². The Morgan fingerprint density at radius 1 is 1.30 bits per heavy atom. The van der Waals surface area contributed by atoms with Crippen molar-refractivity contribution in [2.45, 2.75) is 58.2 Å². The highest BCUT2D eigenvalue weighted by atomic mass is 28.4. The van der Waals surface area contributed by atoms with Gasteiger partial charge in [0.25, 0.3) is 0 Å². The van der Waals surface area contributed by atoms with Gasteiger partial charge in [-0.1, -0.05) is 5.57 Å². The standard InChI is InChI=1S/C12H23F3O3Si2/c1-9(11(16)17)10(6-7-12(13,14)15)8-19(2)18-20(3,4)5/h19H,6-8H2,1-5H3,(H,16,17). The van der Waals surface area contributed by atoms with Crippen LogP contribution in [0.3, 0.4) is 0 Å². The van der Waals surface area contributed by atoms with Crippen LogP contribution in [0.2, 0.25) is 32.2 Å². The summed E-state index contributed by atoms with van der Waals surface area (Å²) in [7, 11) is -3.43. The molecule has 0 heterocycles. The maximum absolute atomic E-state index is 12.3. The molecule has 0 radical (unpaired) electrons. The van der Waals surface area contributed by atoms with Crippen LogP contribution in [0.15, 0.2) is 11.1 Å². The second kappa shape index (κ2) is 7.42. The van der Waals surface area contributed by atoms with E-state index in [0.29, 0.717) is 11.6 Å². The summed E-state index contributed by atoms with van der Waals surface area (Å²) in [4.78, 5) is 11.0. The van der Waals surface area contributed by atoms with Crippen LogP contribution in [0.25, 0.3) is 0 Å². The third-order valence-corrected chi connectivity index (χ3v) is 8.16. The smallest absolute Gasteiger partial charge is 0.389 e. The molecule has 8 heteroatoms. The van der Waals surface area contributed by atoms with Gasteiger partial charge < -0.3 is 9.22 Å². The summed E-state index contributed by atoms with van der Waals surface area (Å²) in [5.41, 5.74) is 0.389. The lowest BCUT2D eigenvalue weighted by atomic mass is 10.1. The van der Waals surface area contributed by atoms with Crippen molar-refractivity contribution in [3.63, 3.8) is 0 Å². The molecule has 0 saturated carbocycles. The van der Waals surface area contributed by atoms with E-state index in [1.54, 1.807) is 0 Å². The molecule has 0 aromatic carbocycles. The number of rotatable bonds is 7. The summed E-state index contributed by atoms with van der Waals surface area (Å²) in [6.07, 6.45) is -5.51. The maximum Gasteiger partial charge on any atom is 0.389 e. The first kappa shape index (κ1) is 19.4. The second-order valence-electron chi connectivity index (χ2n) is 5.89. The lowest BCUT2D eigenvalue weighted by Crippen LogP contribution is -2.33. The van der Waals surface area contributed by atoms with Crippen LogP contribution in [0.4, 0.5) is 13.2 Å². The molecule has 0 amide bonds. The summed E-state index contributed by atoms with van der Waals surface area (Å²) in [5, 5.41) is 8.97. The van der Waals surface area contributed by atoms with Gasteiger partial charge in [0.05, 0.1) is 0 Å². The molecular formula is C12H23F3O3Si2. The molecule has 0 aromatic heterocycles. The molecule has 0 spiro atoms. The van der Waals surface area contributed by atoms with Gasteiger partial charge in [0.1, 0.15) is 0 Å². The zero-order valence-corrected chi connectivity index (χ0v) is 14.8. The Bertz CT molecular complexity index is 373. The molecule has 0 fully saturated rings. The summed E-state index contributed by atoms with van der Waals surface area (Å²) in [6.45, 7) is 9.31. The molecule has 1 unspecified atom stereocenters. The number of carboxylic acid groups (broad SMARTS) is 1. The van der Waals surface area contributed by atoms with Gasteiger partial charge in [-0.25, -0.2) is 4.79 Å². The zero-order chi connectivity index (χ0) is 16.1. The van der Waals surface area contributed by atoms with E-state index in [4.69, 9.17) is 9.22 Å². The zero-order valence-electron chi connectivity index (χ0n) is 12.6. The molecule has 0 aliphatic rings. The number of carbonyl (C=O) groups is 1. The lowest BCUT2D eigenvalue weighted by molar-refractivity contribution is -0.135. The van der Waals surface area contributed by atoms with E-state index in [-0.39, 0.29) is 12.0 Å². The topological polar surface area (TPSA) is 46.5 Å². The van der Waals surface area contributed by atoms with Crippen molar-refractivity contribution >= 4 is 23.3 Å². The Morgan fingerprint density at radius 2 is 1.80 bits per heavy atom. The van der Waals surface area contributed by atoms with Crippen LogP contribution >= 0.6 is 0 Å². The number of aliphatic carboxylic acids is 1. The normalized spacial score (nSPS) is 15.8. The molecule has 0 aliphatic carbocycles. The van der Waals surface area contributed by atoms with Gasteiger partial charge in [0, 0.05) is 12.0 Å². The van der Waals surface area contributed by atoms with E-state index in [2.05, 4.69) is 0 Å². The second-order valence-corrected chi connectivity index (χ2v) is 13.1. The molecule has 20 heavy (non-hydrogen) atoms. The molecular weight excluding hydrogens is 305 g/mol. The summed E-state index contributed by atoms with van der Waals surface area (Å²) < 4.78 is 42.8. The van der Waals surface area contributed by atoms with Crippen LogP contribution in [-0.4, -0.2) is 34.6 Å². The van der Waals surface area contributed by atoms with E-state index in [0.717, 1.165) is 0 Å². The fourth-order valence-corrected chi connectivity index (χ4v) is 8.24. The average molecular weight is 328 g/mol. The molecule has 0 saturated heterocycles. The Labute approximate surface area is 120 Å². The SMILES string of the molecule is CC(C(=O)O)=C(CCC(F)(F)F)C[SiH](C)O[Si](C)(C)C. The predicted molar refractivity (Wildman–Crippen MR) is 77.9 cm³/mol. The minimum Gasteiger partial charge on any atom is -0.478 e. The predicted octanol–water partition coefficient (Wildman–Crippen LogP) is 3.94. The average Bonchev–Trinajstić information content (AvgIpc) is 2.19. The monoisotopic (exact) mass is 328 g/mol. The van der Waals surface area contributed by atoms with Crippen LogP contribution in [0.1, 0.15) is 19.8 Å². The van der Waals surface area contributed by atoms with Gasteiger partial charge in [-0.05, 0) is 45.6 Å². The molecule has 0 aliphatic heterocycles. The number of alkyl halides is 3. The maximum atomic E-state index is 12.3. The van der Waals surface area contributed by atoms with Gasteiger partial charge in [0.15, 0.2) is 17.4 Å². The Hall–Kier alpha value is -0.606. The number of hydrogen-bond acceptors (Lipinski definition) is 2. The van der Waals surface area contributed by atoms with Crippen LogP contribution in [0, 0.1) is 0 Å². The summed E-state index contributed by atoms with van der Waals surface area (Å²) in [5.74, 6) is -1.16. The Balaban J connectivity index is 4.89. The third-order valence-electron chi connectivity index (χ3n) is 2.65. The molecule has 3 nitrogen and oxygen atoms in total. The van der Waals surface area contributed by atoms with E-state index in [1.807, 2.05) is 26.2 Å². The highest BCUT2D eigenvalue weighted by molar-refractivity contribution is 6.77. The van der Waals surface area contributed by atoms with E-state index < -0.39 is 35.9 Å². The first-order valence-electron chi connectivity index (χ1n) is 6.48. The largest absolute Gasteiger partial charge is 0.478 e. The summed E-state index contributed by atoms with van der Waals surface area (Å²) in [6, 6.07) is 0.360. The quantitative estimate of drug-likeness (QED) is 0.569. The van der Waals surface area contributed by atoms with Crippen LogP contribution < -0.4 is 0 Å². The van der Waals surface area contributed by atoms with Gasteiger partial charge in [-0.3, -0.25) is 0 Å². The van der Waals surface area contributed by atoms with Crippen LogP contribution in [0.5, 0.6) is 0 Å². The lowest BCUT2D eigenvalue weighted by Gasteiger charge is -2.24. The fraction of sp³-hybridized carbons (Fsp3) is 0.750. The highest BCUT2D eigenvalue weighted by Gasteiger charge is 2.29. The van der Waals surface area contributed by atoms with Crippen molar-refractivity contribution in [2.24, 2.45) is 0 Å². The first-order chi connectivity index (χ1) is 8.82. The molecule has 0 rings (SSSR count). The molecule has 118 valence electrons. The van der Waals surface area contributed by atoms with Gasteiger partial charge >= 0.3 is 12.1 Å². The minimum absolute atomic E-state index is 0.0211.